The van der Waals surface area contributed by atoms with Gasteiger partial charge in [0.1, 0.15) is 23.2 Å². The van der Waals surface area contributed by atoms with Gasteiger partial charge in [0.2, 0.25) is 5.96 Å². The highest BCUT2D eigenvalue weighted by Crippen LogP contribution is 2.40. The highest BCUT2D eigenvalue weighted by molar-refractivity contribution is 6.23. The first-order chi connectivity index (χ1) is 23.8. The molecule has 1 atom stereocenters. The van der Waals surface area contributed by atoms with E-state index in [9.17, 15) is 0 Å². The summed E-state index contributed by atoms with van der Waals surface area (Å²) >= 11 is 0. The fourth-order valence-electron chi connectivity index (χ4n) is 7.33. The van der Waals surface area contributed by atoms with Gasteiger partial charge in [0, 0.05) is 32.7 Å². The van der Waals surface area contributed by atoms with Crippen molar-refractivity contribution in [3.63, 3.8) is 0 Å². The van der Waals surface area contributed by atoms with Crippen molar-refractivity contribution in [1.29, 1.82) is 0 Å². The zero-order valence-corrected chi connectivity index (χ0v) is 25.8. The molecule has 5 nitrogen and oxygen atoms in total. The number of nitrogens with one attached hydrogen (secondary N) is 1. The lowest BCUT2D eigenvalue weighted by molar-refractivity contribution is 0.666. The van der Waals surface area contributed by atoms with Crippen LogP contribution in [-0.2, 0) is 0 Å². The Hall–Kier alpha value is -6.46. The highest BCUT2D eigenvalue weighted by atomic mass is 16.3. The summed E-state index contributed by atoms with van der Waals surface area (Å²) in [5, 5.41) is 10.5. The Balaban J connectivity index is 1.22. The highest BCUT2D eigenvalue weighted by Gasteiger charge is 2.26. The molecule has 0 aliphatic carbocycles. The predicted molar refractivity (Wildman–Crippen MR) is 198 cm³/mol. The third-order valence-electron chi connectivity index (χ3n) is 9.48. The lowest BCUT2D eigenvalue weighted by atomic mass is 9.96. The number of fused-ring (bicyclic) bond motifs is 7. The summed E-state index contributed by atoms with van der Waals surface area (Å²) < 4.78 is 8.91. The van der Waals surface area contributed by atoms with Gasteiger partial charge in [-0.15, -0.1) is 0 Å². The Morgan fingerprint density at radius 2 is 1.12 bits per heavy atom. The van der Waals surface area contributed by atoms with Gasteiger partial charge in [0.15, 0.2) is 0 Å². The second-order valence-electron chi connectivity index (χ2n) is 12.2. The first kappa shape index (κ1) is 26.7. The number of aromatic nitrogens is 1. The van der Waals surface area contributed by atoms with Crippen LogP contribution in [0.3, 0.4) is 0 Å². The van der Waals surface area contributed by atoms with Gasteiger partial charge in [-0.3, -0.25) is 4.57 Å². The van der Waals surface area contributed by atoms with E-state index in [1.54, 1.807) is 0 Å². The van der Waals surface area contributed by atoms with Crippen LogP contribution in [0, 0.1) is 0 Å². The minimum absolute atomic E-state index is 0.340. The van der Waals surface area contributed by atoms with E-state index in [1.807, 2.05) is 18.2 Å². The molecule has 1 unspecified atom stereocenters. The zero-order valence-electron chi connectivity index (χ0n) is 25.8. The van der Waals surface area contributed by atoms with Crippen LogP contribution in [-0.4, -0.2) is 16.4 Å². The molecule has 1 aliphatic rings. The van der Waals surface area contributed by atoms with Crippen molar-refractivity contribution in [2.75, 3.05) is 0 Å². The van der Waals surface area contributed by atoms with Crippen molar-refractivity contribution >= 4 is 66.3 Å². The van der Waals surface area contributed by atoms with E-state index in [1.165, 1.54) is 21.5 Å². The van der Waals surface area contributed by atoms with Crippen molar-refractivity contribution in [3.05, 3.63) is 169 Å². The van der Waals surface area contributed by atoms with Crippen molar-refractivity contribution in [1.82, 2.24) is 9.88 Å². The number of hydrogen-bond acceptors (Lipinski definition) is 4. The minimum Gasteiger partial charge on any atom is -0.455 e. The molecule has 10 rings (SSSR count). The van der Waals surface area contributed by atoms with Crippen LogP contribution >= 0.6 is 0 Å². The molecule has 2 aromatic heterocycles. The number of para-hydroxylation sites is 3. The SMILES string of the molecule is c1ccc(C2N=C(n3c4ccccc4c4ccccc43)N=C(c3cccc4oc5c(-c6cccc7ccccc67)cccc5c34)N2)cc1. The largest absolute Gasteiger partial charge is 0.455 e. The average molecular weight is 617 g/mol. The van der Waals surface area contributed by atoms with E-state index in [-0.39, 0.29) is 6.17 Å². The normalized spacial score (nSPS) is 14.9. The summed E-state index contributed by atoms with van der Waals surface area (Å²) in [6.07, 6.45) is -0.340. The Labute approximate surface area is 276 Å². The molecule has 0 amide bonds. The number of amidine groups is 1. The van der Waals surface area contributed by atoms with Crippen LogP contribution in [0.5, 0.6) is 0 Å². The van der Waals surface area contributed by atoms with Crippen molar-refractivity contribution in [2.24, 2.45) is 9.98 Å². The lowest BCUT2D eigenvalue weighted by Gasteiger charge is -2.24. The summed E-state index contributed by atoms with van der Waals surface area (Å²) in [6.45, 7) is 0. The van der Waals surface area contributed by atoms with E-state index in [0.717, 1.165) is 61.1 Å². The molecule has 0 spiro atoms. The second kappa shape index (κ2) is 10.5. The molecule has 48 heavy (non-hydrogen) atoms. The topological polar surface area (TPSA) is 54.8 Å². The molecule has 9 aromatic rings. The van der Waals surface area contributed by atoms with Gasteiger partial charge in [-0.05, 0) is 40.1 Å². The van der Waals surface area contributed by atoms with Gasteiger partial charge in [0.05, 0.1) is 11.0 Å². The number of hydrogen-bond donors (Lipinski definition) is 1. The van der Waals surface area contributed by atoms with E-state index in [0.29, 0.717) is 5.96 Å². The average Bonchev–Trinajstić information content (AvgIpc) is 3.71. The van der Waals surface area contributed by atoms with E-state index in [2.05, 4.69) is 149 Å². The Kier molecular flexibility index (Phi) is 5.87. The maximum Gasteiger partial charge on any atom is 0.234 e. The third-order valence-corrected chi connectivity index (χ3v) is 9.48. The number of aliphatic imine (C=N–C) groups is 2. The summed E-state index contributed by atoms with van der Waals surface area (Å²) in [5.74, 6) is 1.39. The molecular weight excluding hydrogens is 589 g/mol. The molecule has 0 saturated carbocycles. The maximum atomic E-state index is 6.73. The molecule has 226 valence electrons. The monoisotopic (exact) mass is 616 g/mol. The van der Waals surface area contributed by atoms with Gasteiger partial charge in [0.25, 0.3) is 0 Å². The maximum absolute atomic E-state index is 6.73. The predicted octanol–water partition coefficient (Wildman–Crippen LogP) is 10.5. The molecule has 3 heterocycles. The summed E-state index contributed by atoms with van der Waals surface area (Å²) in [4.78, 5) is 10.5. The van der Waals surface area contributed by atoms with E-state index < -0.39 is 0 Å². The van der Waals surface area contributed by atoms with Gasteiger partial charge < -0.3 is 9.73 Å². The Bertz CT molecular complexity index is 2710. The molecule has 0 bridgehead atoms. The lowest BCUT2D eigenvalue weighted by Crippen LogP contribution is -2.35. The van der Waals surface area contributed by atoms with Crippen LogP contribution < -0.4 is 5.32 Å². The van der Waals surface area contributed by atoms with Gasteiger partial charge in [-0.1, -0.05) is 140 Å². The molecule has 5 heteroatoms. The number of rotatable bonds is 3. The quantitative estimate of drug-likeness (QED) is 0.215. The van der Waals surface area contributed by atoms with Gasteiger partial charge in [-0.25, -0.2) is 4.99 Å². The molecule has 0 fully saturated rings. The molecular formula is C43H28N4O. The van der Waals surface area contributed by atoms with Gasteiger partial charge in [-0.2, -0.15) is 4.99 Å². The molecule has 0 saturated heterocycles. The first-order valence-electron chi connectivity index (χ1n) is 16.2. The minimum atomic E-state index is -0.340. The summed E-state index contributed by atoms with van der Waals surface area (Å²) in [7, 11) is 0. The molecule has 7 aromatic carbocycles. The Morgan fingerprint density at radius 1 is 0.521 bits per heavy atom. The molecule has 1 aliphatic heterocycles. The van der Waals surface area contributed by atoms with E-state index >= 15 is 0 Å². The van der Waals surface area contributed by atoms with Crippen LogP contribution in [0.25, 0.3) is 65.6 Å². The molecule has 1 N–H and O–H groups in total. The number of furan rings is 1. The van der Waals surface area contributed by atoms with Crippen molar-refractivity contribution in [2.45, 2.75) is 6.17 Å². The third kappa shape index (κ3) is 4.04. The summed E-state index contributed by atoms with van der Waals surface area (Å²) in [6, 6.07) is 54.9. The van der Waals surface area contributed by atoms with Crippen LogP contribution in [0.1, 0.15) is 17.3 Å². The standard InChI is InChI=1S/C43H28N4O/c1-2-14-28(15-3-1)41-44-42(46-43(45-41)47-36-24-8-6-18-31(36)32-19-7-9-25-37(32)47)35-23-12-26-38-39(35)34-22-11-21-33(40(34)48-38)30-20-10-16-27-13-4-5-17-29(27)30/h1-26,41H,(H,44,45,46). The van der Waals surface area contributed by atoms with Crippen molar-refractivity contribution < 1.29 is 4.42 Å². The Morgan fingerprint density at radius 3 is 1.94 bits per heavy atom. The fourth-order valence-corrected chi connectivity index (χ4v) is 7.33. The number of benzene rings is 7. The number of nitrogens with zero attached hydrogens (tertiary/aromatic N) is 3. The smallest absolute Gasteiger partial charge is 0.234 e. The van der Waals surface area contributed by atoms with Gasteiger partial charge >= 0.3 is 0 Å². The zero-order chi connectivity index (χ0) is 31.6. The van der Waals surface area contributed by atoms with Crippen LogP contribution in [0.4, 0.5) is 0 Å². The first-order valence-corrected chi connectivity index (χ1v) is 16.2. The molecule has 0 radical (unpaired) electrons. The fraction of sp³-hybridized carbons (Fsp3) is 0.0233. The van der Waals surface area contributed by atoms with E-state index in [4.69, 9.17) is 14.4 Å². The van der Waals surface area contributed by atoms with Crippen molar-refractivity contribution in [3.8, 4) is 11.1 Å². The second-order valence-corrected chi connectivity index (χ2v) is 12.2. The van der Waals surface area contributed by atoms with Crippen LogP contribution in [0.15, 0.2) is 172 Å². The van der Waals surface area contributed by atoms with Crippen LogP contribution in [0.2, 0.25) is 0 Å². The summed E-state index contributed by atoms with van der Waals surface area (Å²) in [5.41, 5.74) is 8.07.